The SMILES string of the molecule is CN(C)Cc1nc2c(O)c(Cl)cc(Cl)c2c(=O)n1C. The van der Waals surface area contributed by atoms with Crippen LogP contribution in [0.4, 0.5) is 0 Å². The first-order valence-corrected chi connectivity index (χ1v) is 6.29. The predicted octanol–water partition coefficient (Wildman–Crippen LogP) is 2.01. The number of phenols is 1. The Morgan fingerprint density at radius 1 is 1.37 bits per heavy atom. The van der Waals surface area contributed by atoms with Gasteiger partial charge in [-0.1, -0.05) is 23.2 Å². The Bertz CT molecular complexity index is 710. The van der Waals surface area contributed by atoms with Crippen LogP contribution in [0.15, 0.2) is 10.9 Å². The first-order chi connectivity index (χ1) is 8.82. The summed E-state index contributed by atoms with van der Waals surface area (Å²) < 4.78 is 1.42. The molecule has 19 heavy (non-hydrogen) atoms. The first-order valence-electron chi connectivity index (χ1n) is 5.54. The molecule has 1 heterocycles. The molecule has 2 rings (SSSR count). The molecule has 0 unspecified atom stereocenters. The van der Waals surface area contributed by atoms with E-state index in [2.05, 4.69) is 4.98 Å². The van der Waals surface area contributed by atoms with Crippen LogP contribution >= 0.6 is 23.2 Å². The topological polar surface area (TPSA) is 58.4 Å². The number of hydrogen-bond donors (Lipinski definition) is 1. The summed E-state index contributed by atoms with van der Waals surface area (Å²) in [6.07, 6.45) is 0. The molecule has 0 spiro atoms. The third kappa shape index (κ3) is 2.41. The van der Waals surface area contributed by atoms with Gasteiger partial charge in [-0.2, -0.15) is 0 Å². The van der Waals surface area contributed by atoms with E-state index in [9.17, 15) is 9.90 Å². The Kier molecular flexibility index (Phi) is 3.71. The van der Waals surface area contributed by atoms with E-state index < -0.39 is 0 Å². The van der Waals surface area contributed by atoms with Gasteiger partial charge in [-0.15, -0.1) is 0 Å². The van der Waals surface area contributed by atoms with Crippen molar-refractivity contribution in [2.75, 3.05) is 14.1 Å². The van der Waals surface area contributed by atoms with Gasteiger partial charge in [0.25, 0.3) is 5.56 Å². The average molecular weight is 302 g/mol. The zero-order chi connectivity index (χ0) is 14.3. The molecule has 0 fully saturated rings. The molecule has 5 nitrogen and oxygen atoms in total. The molecule has 0 bridgehead atoms. The number of halogens is 2. The van der Waals surface area contributed by atoms with Gasteiger partial charge in [0.15, 0.2) is 5.75 Å². The molecular formula is C12H13Cl2N3O2. The number of aromatic hydroxyl groups is 1. The van der Waals surface area contributed by atoms with Crippen molar-refractivity contribution in [2.45, 2.75) is 6.54 Å². The van der Waals surface area contributed by atoms with E-state index in [1.807, 2.05) is 19.0 Å². The molecule has 2 aromatic rings. The van der Waals surface area contributed by atoms with Gasteiger partial charge in [0, 0.05) is 7.05 Å². The van der Waals surface area contributed by atoms with Gasteiger partial charge in [0.05, 0.1) is 22.0 Å². The Morgan fingerprint density at radius 3 is 2.58 bits per heavy atom. The van der Waals surface area contributed by atoms with Crippen molar-refractivity contribution in [1.82, 2.24) is 14.5 Å². The molecular weight excluding hydrogens is 289 g/mol. The third-order valence-corrected chi connectivity index (χ3v) is 3.37. The zero-order valence-electron chi connectivity index (χ0n) is 10.7. The van der Waals surface area contributed by atoms with Gasteiger partial charge in [-0.05, 0) is 20.2 Å². The van der Waals surface area contributed by atoms with Crippen LogP contribution in [0, 0.1) is 0 Å². The molecule has 0 aliphatic carbocycles. The molecule has 102 valence electrons. The molecule has 0 saturated heterocycles. The van der Waals surface area contributed by atoms with Crippen LogP contribution in [0.25, 0.3) is 10.9 Å². The fraction of sp³-hybridized carbons (Fsp3) is 0.333. The lowest BCUT2D eigenvalue weighted by molar-refractivity contribution is 0.381. The standard InChI is InChI=1S/C12H13Cl2N3O2/c1-16(2)5-8-15-10-9(12(19)17(8)3)6(13)4-7(14)11(10)18/h4,18H,5H2,1-3H3. The Balaban J connectivity index is 2.89. The van der Waals surface area contributed by atoms with Gasteiger partial charge >= 0.3 is 0 Å². The molecule has 0 radical (unpaired) electrons. The van der Waals surface area contributed by atoms with E-state index in [1.54, 1.807) is 7.05 Å². The Labute approximate surface area is 120 Å². The van der Waals surface area contributed by atoms with Crippen LogP contribution in [0.3, 0.4) is 0 Å². The minimum atomic E-state index is -0.307. The van der Waals surface area contributed by atoms with Crippen LogP contribution in [-0.4, -0.2) is 33.7 Å². The fourth-order valence-electron chi connectivity index (χ4n) is 1.82. The lowest BCUT2D eigenvalue weighted by Gasteiger charge is -2.14. The summed E-state index contributed by atoms with van der Waals surface area (Å²) in [7, 11) is 5.35. The van der Waals surface area contributed by atoms with Gasteiger partial charge in [-0.25, -0.2) is 4.98 Å². The van der Waals surface area contributed by atoms with E-state index in [0.717, 1.165) is 0 Å². The number of benzene rings is 1. The molecule has 0 saturated carbocycles. The second-order valence-corrected chi connectivity index (χ2v) is 5.36. The van der Waals surface area contributed by atoms with Gasteiger partial charge in [0.1, 0.15) is 11.3 Å². The Hall–Kier alpha value is -1.30. The summed E-state index contributed by atoms with van der Waals surface area (Å²) in [5, 5.41) is 10.4. The van der Waals surface area contributed by atoms with Crippen molar-refractivity contribution < 1.29 is 5.11 Å². The quantitative estimate of drug-likeness (QED) is 0.922. The number of hydrogen-bond acceptors (Lipinski definition) is 4. The molecule has 1 N–H and O–H groups in total. The van der Waals surface area contributed by atoms with Crippen molar-refractivity contribution in [3.05, 3.63) is 32.3 Å². The first kappa shape index (κ1) is 14.1. The van der Waals surface area contributed by atoms with Gasteiger partial charge in [0.2, 0.25) is 0 Å². The van der Waals surface area contributed by atoms with Crippen molar-refractivity contribution in [3.8, 4) is 5.75 Å². The predicted molar refractivity (Wildman–Crippen MR) is 76.1 cm³/mol. The lowest BCUT2D eigenvalue weighted by atomic mass is 10.2. The molecule has 0 amide bonds. The maximum Gasteiger partial charge on any atom is 0.262 e. The normalized spacial score (nSPS) is 11.5. The van der Waals surface area contributed by atoms with Gasteiger partial charge in [-0.3, -0.25) is 9.36 Å². The van der Waals surface area contributed by atoms with E-state index in [0.29, 0.717) is 12.4 Å². The molecule has 1 aromatic carbocycles. The van der Waals surface area contributed by atoms with Crippen LogP contribution < -0.4 is 5.56 Å². The molecule has 0 aliphatic rings. The van der Waals surface area contributed by atoms with Gasteiger partial charge < -0.3 is 10.0 Å². The lowest BCUT2D eigenvalue weighted by Crippen LogP contribution is -2.26. The summed E-state index contributed by atoms with van der Waals surface area (Å²) in [4.78, 5) is 18.5. The summed E-state index contributed by atoms with van der Waals surface area (Å²) >= 11 is 11.9. The largest absolute Gasteiger partial charge is 0.504 e. The summed E-state index contributed by atoms with van der Waals surface area (Å²) in [6.45, 7) is 0.464. The van der Waals surface area contributed by atoms with Crippen LogP contribution in [0.2, 0.25) is 10.0 Å². The number of nitrogens with zero attached hydrogens (tertiary/aromatic N) is 3. The highest BCUT2D eigenvalue weighted by Crippen LogP contribution is 2.34. The fourth-order valence-corrected chi connectivity index (χ4v) is 2.36. The molecule has 7 heteroatoms. The van der Waals surface area contributed by atoms with Crippen LogP contribution in [0.1, 0.15) is 5.82 Å². The second kappa shape index (κ2) is 5.00. The minimum Gasteiger partial charge on any atom is -0.504 e. The van der Waals surface area contributed by atoms with E-state index in [-0.39, 0.29) is 32.3 Å². The number of rotatable bonds is 2. The number of phenolic OH excluding ortho intramolecular Hbond substituents is 1. The maximum absolute atomic E-state index is 12.3. The number of fused-ring (bicyclic) bond motifs is 1. The smallest absolute Gasteiger partial charge is 0.262 e. The molecule has 0 atom stereocenters. The Morgan fingerprint density at radius 2 is 2.00 bits per heavy atom. The summed E-state index contributed by atoms with van der Waals surface area (Å²) in [5.74, 6) is 0.301. The number of aromatic nitrogens is 2. The monoisotopic (exact) mass is 301 g/mol. The van der Waals surface area contributed by atoms with Crippen LogP contribution in [-0.2, 0) is 13.6 Å². The van der Waals surface area contributed by atoms with E-state index >= 15 is 0 Å². The highest BCUT2D eigenvalue weighted by molar-refractivity contribution is 6.39. The molecule has 1 aromatic heterocycles. The summed E-state index contributed by atoms with van der Waals surface area (Å²) in [5.41, 5.74) is -0.170. The highest BCUT2D eigenvalue weighted by atomic mass is 35.5. The summed E-state index contributed by atoms with van der Waals surface area (Å²) in [6, 6.07) is 1.34. The third-order valence-electron chi connectivity index (χ3n) is 2.78. The minimum absolute atomic E-state index is 0.0778. The van der Waals surface area contributed by atoms with E-state index in [1.165, 1.54) is 10.6 Å². The van der Waals surface area contributed by atoms with Crippen molar-refractivity contribution >= 4 is 34.1 Å². The second-order valence-electron chi connectivity index (χ2n) is 4.54. The van der Waals surface area contributed by atoms with E-state index in [4.69, 9.17) is 23.2 Å². The average Bonchev–Trinajstić information content (AvgIpc) is 2.31. The zero-order valence-corrected chi connectivity index (χ0v) is 12.2. The van der Waals surface area contributed by atoms with Crippen molar-refractivity contribution in [1.29, 1.82) is 0 Å². The highest BCUT2D eigenvalue weighted by Gasteiger charge is 2.17. The van der Waals surface area contributed by atoms with Crippen LogP contribution in [0.5, 0.6) is 5.75 Å². The maximum atomic E-state index is 12.3. The van der Waals surface area contributed by atoms with Crippen molar-refractivity contribution in [3.63, 3.8) is 0 Å². The van der Waals surface area contributed by atoms with Crippen molar-refractivity contribution in [2.24, 2.45) is 7.05 Å². The molecule has 0 aliphatic heterocycles.